The Hall–Kier alpha value is -3.41. The van der Waals surface area contributed by atoms with E-state index in [-0.39, 0.29) is 11.9 Å². The number of nitrogens with two attached hydrogens (primary N) is 1. The number of hydrogen-bond acceptors (Lipinski definition) is 9. The van der Waals surface area contributed by atoms with E-state index in [0.717, 1.165) is 5.39 Å². The Morgan fingerprint density at radius 1 is 1.34 bits per heavy atom. The summed E-state index contributed by atoms with van der Waals surface area (Å²) in [5.41, 5.74) is 5.67. The molecule has 0 radical (unpaired) electrons. The van der Waals surface area contributed by atoms with Crippen molar-refractivity contribution in [3.63, 3.8) is 0 Å². The Bertz CT molecular complexity index is 1310. The van der Waals surface area contributed by atoms with Crippen molar-refractivity contribution in [2.75, 3.05) is 24.3 Å². The standard InChI is InChI=1S/C21H21N7O3S/c1-20(10-31-11-20)17(29)26-14-9-24-19(22)27-16(14)28-15-7-13(4-3-12(15)8-25-28)21(2,30)18-23-5-6-32-18/h3-9,30H,10-11H2,1-2H3,(H,26,29)(H2,22,24,27). The summed E-state index contributed by atoms with van der Waals surface area (Å²) in [6.07, 6.45) is 4.80. The van der Waals surface area contributed by atoms with E-state index in [2.05, 4.69) is 25.4 Å². The molecule has 3 aromatic heterocycles. The van der Waals surface area contributed by atoms with Gasteiger partial charge in [0.15, 0.2) is 5.82 Å². The minimum atomic E-state index is -1.28. The van der Waals surface area contributed by atoms with E-state index in [1.54, 1.807) is 24.0 Å². The number of rotatable bonds is 5. The Kier molecular flexibility index (Phi) is 4.69. The van der Waals surface area contributed by atoms with E-state index in [9.17, 15) is 9.90 Å². The van der Waals surface area contributed by atoms with Crippen molar-refractivity contribution in [3.8, 4) is 5.82 Å². The molecule has 0 saturated carbocycles. The molecule has 1 aliphatic heterocycles. The fourth-order valence-electron chi connectivity index (χ4n) is 3.53. The number of fused-ring (bicyclic) bond motifs is 1. The molecule has 4 heterocycles. The Balaban J connectivity index is 1.59. The lowest BCUT2D eigenvalue weighted by Gasteiger charge is -2.36. The molecular formula is C21H21N7O3S. The number of nitrogens with one attached hydrogen (secondary N) is 1. The quantitative estimate of drug-likeness (QED) is 0.419. The lowest BCUT2D eigenvalue weighted by Crippen LogP contribution is -2.49. The number of hydrogen-bond donors (Lipinski definition) is 3. The third-order valence-electron chi connectivity index (χ3n) is 5.61. The largest absolute Gasteiger partial charge is 0.379 e. The maximum atomic E-state index is 12.8. The SMILES string of the molecule is CC1(C(=O)Nc2cnc(N)nc2-n2ncc3ccc(C(C)(O)c4nccs4)cc32)COC1. The number of amides is 1. The lowest BCUT2D eigenvalue weighted by atomic mass is 9.87. The average molecular weight is 452 g/mol. The van der Waals surface area contributed by atoms with Gasteiger partial charge in [-0.25, -0.2) is 14.6 Å². The summed E-state index contributed by atoms with van der Waals surface area (Å²) >= 11 is 1.38. The van der Waals surface area contributed by atoms with Gasteiger partial charge >= 0.3 is 0 Å². The number of aliphatic hydroxyl groups is 1. The van der Waals surface area contributed by atoms with Crippen molar-refractivity contribution in [2.45, 2.75) is 19.4 Å². The van der Waals surface area contributed by atoms with Crippen LogP contribution in [0.1, 0.15) is 24.4 Å². The van der Waals surface area contributed by atoms with Gasteiger partial charge in [-0.3, -0.25) is 4.79 Å². The molecule has 5 rings (SSSR count). The predicted molar refractivity (Wildman–Crippen MR) is 119 cm³/mol. The van der Waals surface area contributed by atoms with E-state index in [1.165, 1.54) is 17.5 Å². The van der Waals surface area contributed by atoms with Crippen molar-refractivity contribution in [3.05, 3.63) is 52.7 Å². The number of anilines is 2. The normalized spacial score (nSPS) is 17.0. The van der Waals surface area contributed by atoms with E-state index in [0.29, 0.717) is 40.8 Å². The Labute approximate surface area is 187 Å². The third kappa shape index (κ3) is 3.30. The summed E-state index contributed by atoms with van der Waals surface area (Å²) in [4.78, 5) is 25.4. The molecule has 1 atom stereocenters. The molecule has 10 nitrogen and oxygen atoms in total. The first-order valence-corrected chi connectivity index (χ1v) is 10.8. The second kappa shape index (κ2) is 7.33. The molecule has 1 aromatic carbocycles. The second-order valence-electron chi connectivity index (χ2n) is 8.21. The first-order valence-electron chi connectivity index (χ1n) is 9.91. The van der Waals surface area contributed by atoms with Gasteiger partial charge < -0.3 is 20.9 Å². The monoisotopic (exact) mass is 451 g/mol. The van der Waals surface area contributed by atoms with Crippen LogP contribution in [0.3, 0.4) is 0 Å². The summed E-state index contributed by atoms with van der Waals surface area (Å²) < 4.78 is 6.77. The van der Waals surface area contributed by atoms with E-state index in [4.69, 9.17) is 10.5 Å². The fraction of sp³-hybridized carbons (Fsp3) is 0.286. The van der Waals surface area contributed by atoms with E-state index >= 15 is 0 Å². The van der Waals surface area contributed by atoms with Crippen LogP contribution in [-0.2, 0) is 15.1 Å². The van der Waals surface area contributed by atoms with Crippen molar-refractivity contribution < 1.29 is 14.6 Å². The molecule has 1 fully saturated rings. The number of ether oxygens (including phenoxy) is 1. The highest BCUT2D eigenvalue weighted by molar-refractivity contribution is 7.09. The van der Waals surface area contributed by atoms with Gasteiger partial charge in [-0.15, -0.1) is 11.3 Å². The van der Waals surface area contributed by atoms with Crippen molar-refractivity contribution >= 4 is 39.8 Å². The van der Waals surface area contributed by atoms with Crippen LogP contribution < -0.4 is 11.1 Å². The first-order chi connectivity index (χ1) is 15.3. The summed E-state index contributed by atoms with van der Waals surface area (Å²) in [5.74, 6) is 0.184. The minimum Gasteiger partial charge on any atom is -0.379 e. The smallest absolute Gasteiger partial charge is 0.235 e. The van der Waals surface area contributed by atoms with Crippen LogP contribution in [0, 0.1) is 5.41 Å². The molecule has 164 valence electrons. The average Bonchev–Trinajstić information content (AvgIpc) is 3.43. The van der Waals surface area contributed by atoms with Gasteiger partial charge in [0, 0.05) is 17.0 Å². The molecular weight excluding hydrogens is 430 g/mol. The van der Waals surface area contributed by atoms with Crippen LogP contribution in [0.5, 0.6) is 0 Å². The zero-order valence-electron chi connectivity index (χ0n) is 17.4. The maximum absolute atomic E-state index is 12.8. The van der Waals surface area contributed by atoms with E-state index in [1.807, 2.05) is 30.5 Å². The Morgan fingerprint density at radius 2 is 2.16 bits per heavy atom. The number of nitrogens with zero attached hydrogens (tertiary/aromatic N) is 5. The Morgan fingerprint density at radius 3 is 2.84 bits per heavy atom. The van der Waals surface area contributed by atoms with Crippen LogP contribution in [0.15, 0.2) is 42.2 Å². The van der Waals surface area contributed by atoms with Gasteiger partial charge in [-0.1, -0.05) is 12.1 Å². The van der Waals surface area contributed by atoms with E-state index < -0.39 is 11.0 Å². The molecule has 1 saturated heterocycles. The molecule has 0 spiro atoms. The molecule has 4 aromatic rings. The molecule has 1 aliphatic rings. The number of carbonyl (C=O) groups is 1. The summed E-state index contributed by atoms with van der Waals surface area (Å²) in [6, 6.07) is 5.53. The molecule has 4 N–H and O–H groups in total. The highest BCUT2D eigenvalue weighted by Gasteiger charge is 2.41. The van der Waals surface area contributed by atoms with Crippen LogP contribution in [0.2, 0.25) is 0 Å². The van der Waals surface area contributed by atoms with Crippen LogP contribution >= 0.6 is 11.3 Å². The second-order valence-corrected chi connectivity index (χ2v) is 9.11. The van der Waals surface area contributed by atoms with Crippen LogP contribution in [-0.4, -0.2) is 49.0 Å². The van der Waals surface area contributed by atoms with Gasteiger partial charge in [-0.2, -0.15) is 10.1 Å². The number of thiazole rings is 1. The number of benzene rings is 1. The summed E-state index contributed by atoms with van der Waals surface area (Å²) in [7, 11) is 0. The summed E-state index contributed by atoms with van der Waals surface area (Å²) in [5, 5.41) is 21.7. The topological polar surface area (TPSA) is 141 Å². The molecule has 11 heteroatoms. The first kappa shape index (κ1) is 20.5. The van der Waals surface area contributed by atoms with Crippen molar-refractivity contribution in [1.82, 2.24) is 24.7 Å². The van der Waals surface area contributed by atoms with Crippen molar-refractivity contribution in [1.29, 1.82) is 0 Å². The maximum Gasteiger partial charge on any atom is 0.235 e. The number of carbonyl (C=O) groups excluding carboxylic acids is 1. The van der Waals surface area contributed by atoms with Crippen LogP contribution in [0.25, 0.3) is 16.7 Å². The third-order valence-corrected chi connectivity index (χ3v) is 6.59. The van der Waals surface area contributed by atoms with Crippen LogP contribution in [0.4, 0.5) is 11.6 Å². The van der Waals surface area contributed by atoms with Crippen molar-refractivity contribution in [2.24, 2.45) is 5.41 Å². The lowest BCUT2D eigenvalue weighted by molar-refractivity contribution is -0.151. The zero-order chi connectivity index (χ0) is 22.5. The van der Waals surface area contributed by atoms with Gasteiger partial charge in [0.05, 0.1) is 36.5 Å². The summed E-state index contributed by atoms with van der Waals surface area (Å²) in [6.45, 7) is 4.23. The molecule has 0 aliphatic carbocycles. The zero-order valence-corrected chi connectivity index (χ0v) is 18.3. The molecule has 0 bridgehead atoms. The number of nitrogen functional groups attached to an aromatic ring is 1. The van der Waals surface area contributed by atoms with Gasteiger partial charge in [0.1, 0.15) is 16.3 Å². The number of aromatic nitrogens is 5. The van der Waals surface area contributed by atoms with Gasteiger partial charge in [0.25, 0.3) is 0 Å². The molecule has 1 amide bonds. The minimum absolute atomic E-state index is 0.0470. The highest BCUT2D eigenvalue weighted by Crippen LogP contribution is 2.34. The highest BCUT2D eigenvalue weighted by atomic mass is 32.1. The molecule has 32 heavy (non-hydrogen) atoms. The van der Waals surface area contributed by atoms with Gasteiger partial charge in [-0.05, 0) is 25.5 Å². The van der Waals surface area contributed by atoms with Gasteiger partial charge in [0.2, 0.25) is 11.9 Å². The fourth-order valence-corrected chi connectivity index (χ4v) is 4.25. The predicted octanol–water partition coefficient (Wildman–Crippen LogP) is 2.08. The molecule has 1 unspecified atom stereocenters.